The van der Waals surface area contributed by atoms with Crippen LogP contribution in [0.25, 0.3) is 0 Å². The first kappa shape index (κ1) is 24.8. The fraction of sp³-hybridized carbons (Fsp3) is 0.417. The van der Waals surface area contributed by atoms with Crippen molar-refractivity contribution in [1.82, 2.24) is 20.5 Å². The summed E-state index contributed by atoms with van der Waals surface area (Å²) in [5.41, 5.74) is 0.920. The van der Waals surface area contributed by atoms with Crippen molar-refractivity contribution in [3.05, 3.63) is 62.5 Å². The van der Waals surface area contributed by atoms with E-state index in [2.05, 4.69) is 20.5 Å². The number of esters is 1. The number of benzene rings is 1. The lowest BCUT2D eigenvalue weighted by Gasteiger charge is -2.35. The standard InChI is InChI=1S/C24H25ClFN5O4S/c1-13(32)28-11-24-8-15(10-35-24)31(12-24)9-18-19(23(33)34-2)20(16-4-3-14(26)7-17(16)25)30-21(29-18)22-27-5-6-36-22/h3-7,15,20H,8-12H2,1-2H3,(H,28,32)(H,29,30)/t15?,20-,24?/m0/s1. The summed E-state index contributed by atoms with van der Waals surface area (Å²) in [6.45, 7) is 3.41. The Morgan fingerprint density at radius 2 is 2.28 bits per heavy atom. The van der Waals surface area contributed by atoms with Crippen molar-refractivity contribution in [3.8, 4) is 0 Å². The van der Waals surface area contributed by atoms with Gasteiger partial charge in [-0.1, -0.05) is 17.7 Å². The topological polar surface area (TPSA) is 105 Å². The molecule has 0 saturated carbocycles. The number of ether oxygens (including phenoxy) is 2. The molecule has 3 atom stereocenters. The molecule has 2 N–H and O–H groups in total. The number of halogens is 2. The van der Waals surface area contributed by atoms with Gasteiger partial charge in [0, 0.05) is 60.5 Å². The lowest BCUT2D eigenvalue weighted by Crippen LogP contribution is -2.50. The normalized spacial score (nSPS) is 25.5. The average molecular weight is 534 g/mol. The lowest BCUT2D eigenvalue weighted by atomic mass is 9.95. The second-order valence-electron chi connectivity index (χ2n) is 9.06. The zero-order valence-corrected chi connectivity index (χ0v) is 21.3. The third kappa shape index (κ3) is 4.75. The van der Waals surface area contributed by atoms with Gasteiger partial charge in [0.05, 0.1) is 24.9 Å². The maximum atomic E-state index is 13.8. The van der Waals surface area contributed by atoms with Crippen LogP contribution in [0.5, 0.6) is 0 Å². The summed E-state index contributed by atoms with van der Waals surface area (Å²) >= 11 is 7.82. The second kappa shape index (κ2) is 9.89. The molecule has 0 spiro atoms. The predicted octanol–water partition coefficient (Wildman–Crippen LogP) is 2.43. The molecule has 190 valence electrons. The molecule has 2 saturated heterocycles. The zero-order valence-electron chi connectivity index (χ0n) is 19.7. The number of methoxy groups -OCH3 is 1. The minimum atomic E-state index is -0.815. The molecule has 36 heavy (non-hydrogen) atoms. The van der Waals surface area contributed by atoms with Gasteiger partial charge in [0.25, 0.3) is 0 Å². The van der Waals surface area contributed by atoms with Crippen molar-refractivity contribution < 1.29 is 23.5 Å². The Kier molecular flexibility index (Phi) is 6.82. The number of hydrogen-bond donors (Lipinski definition) is 2. The summed E-state index contributed by atoms with van der Waals surface area (Å²) in [6, 6.07) is 3.34. The largest absolute Gasteiger partial charge is 0.466 e. The Labute approximate surface area is 216 Å². The first-order chi connectivity index (χ1) is 17.3. The number of rotatable bonds is 7. The fourth-order valence-electron chi connectivity index (χ4n) is 4.98. The van der Waals surface area contributed by atoms with E-state index in [9.17, 15) is 14.0 Å². The second-order valence-corrected chi connectivity index (χ2v) is 10.4. The van der Waals surface area contributed by atoms with Crippen molar-refractivity contribution in [3.63, 3.8) is 0 Å². The van der Waals surface area contributed by atoms with Crippen LogP contribution in [0.1, 0.15) is 30.0 Å². The summed E-state index contributed by atoms with van der Waals surface area (Å²) < 4.78 is 25.0. The van der Waals surface area contributed by atoms with Crippen LogP contribution in [0.3, 0.4) is 0 Å². The van der Waals surface area contributed by atoms with Gasteiger partial charge in [-0.15, -0.1) is 11.3 Å². The minimum Gasteiger partial charge on any atom is -0.466 e. The number of carbonyl (C=O) groups excluding carboxylic acids is 2. The number of amidine groups is 1. The van der Waals surface area contributed by atoms with Gasteiger partial charge in [-0.3, -0.25) is 14.7 Å². The summed E-state index contributed by atoms with van der Waals surface area (Å²) in [5.74, 6) is -0.656. The Morgan fingerprint density at radius 3 is 2.97 bits per heavy atom. The van der Waals surface area contributed by atoms with Crippen LogP contribution in [-0.4, -0.2) is 72.6 Å². The first-order valence-corrected chi connectivity index (χ1v) is 12.7. The Bertz CT molecular complexity index is 1250. The highest BCUT2D eigenvalue weighted by atomic mass is 35.5. The predicted molar refractivity (Wildman–Crippen MR) is 132 cm³/mol. The number of thiazole rings is 1. The number of morpholine rings is 1. The summed E-state index contributed by atoms with van der Waals surface area (Å²) in [5, 5.41) is 8.82. The SMILES string of the molecule is COC(=O)C1=C(CN2CC3(CNC(C)=O)CC2CO3)NC(c2nccs2)=N[C@H]1c1ccc(F)cc1Cl. The van der Waals surface area contributed by atoms with Gasteiger partial charge in [-0.2, -0.15) is 0 Å². The van der Waals surface area contributed by atoms with E-state index in [1.807, 2.05) is 5.38 Å². The monoisotopic (exact) mass is 533 g/mol. The van der Waals surface area contributed by atoms with Gasteiger partial charge in [-0.25, -0.2) is 14.2 Å². The van der Waals surface area contributed by atoms with Crippen molar-refractivity contribution in [2.45, 2.75) is 31.0 Å². The third-order valence-electron chi connectivity index (χ3n) is 6.64. The molecule has 1 aromatic heterocycles. The highest BCUT2D eigenvalue weighted by molar-refractivity contribution is 7.11. The molecule has 0 radical (unpaired) electrons. The highest BCUT2D eigenvalue weighted by Gasteiger charge is 2.51. The fourth-order valence-corrected chi connectivity index (χ4v) is 5.84. The van der Waals surface area contributed by atoms with Crippen molar-refractivity contribution in [1.29, 1.82) is 0 Å². The Balaban J connectivity index is 1.52. The van der Waals surface area contributed by atoms with Gasteiger partial charge in [0.1, 0.15) is 11.9 Å². The number of likely N-dealkylation sites (tertiary alicyclic amines) is 1. The lowest BCUT2D eigenvalue weighted by molar-refractivity contribution is -0.136. The van der Waals surface area contributed by atoms with Gasteiger partial charge < -0.3 is 20.1 Å². The molecular formula is C24H25ClFN5O4S. The molecule has 4 heterocycles. The summed E-state index contributed by atoms with van der Waals surface area (Å²) in [4.78, 5) is 35.9. The van der Waals surface area contributed by atoms with Gasteiger partial charge >= 0.3 is 5.97 Å². The molecule has 2 aromatic rings. The molecule has 5 rings (SSSR count). The number of amides is 1. The molecule has 1 amide bonds. The van der Waals surface area contributed by atoms with Crippen LogP contribution < -0.4 is 10.6 Å². The van der Waals surface area contributed by atoms with E-state index in [4.69, 9.17) is 26.1 Å². The molecule has 0 aliphatic carbocycles. The maximum absolute atomic E-state index is 13.8. The zero-order chi connectivity index (χ0) is 25.4. The molecule has 1 aromatic carbocycles. The van der Waals surface area contributed by atoms with Gasteiger partial charge in [0.2, 0.25) is 5.91 Å². The minimum absolute atomic E-state index is 0.108. The molecular weight excluding hydrogens is 509 g/mol. The highest BCUT2D eigenvalue weighted by Crippen LogP contribution is 2.40. The van der Waals surface area contributed by atoms with Crippen molar-refractivity contribution in [2.24, 2.45) is 4.99 Å². The molecule has 2 fully saturated rings. The first-order valence-electron chi connectivity index (χ1n) is 11.4. The molecule has 2 bridgehead atoms. The van der Waals surface area contributed by atoms with E-state index in [0.29, 0.717) is 53.9 Å². The molecule has 2 unspecified atom stereocenters. The molecule has 12 heteroatoms. The number of aliphatic imine (C=N–C) groups is 1. The van der Waals surface area contributed by atoms with Crippen LogP contribution in [0, 0.1) is 5.82 Å². The van der Waals surface area contributed by atoms with E-state index in [1.165, 1.54) is 43.6 Å². The van der Waals surface area contributed by atoms with E-state index in [-0.39, 0.29) is 17.0 Å². The number of nitrogens with one attached hydrogen (secondary N) is 2. The maximum Gasteiger partial charge on any atom is 0.338 e. The number of fused-ring (bicyclic) bond motifs is 2. The number of hydrogen-bond acceptors (Lipinski definition) is 9. The Hall–Kier alpha value is -2.86. The third-order valence-corrected chi connectivity index (χ3v) is 7.75. The van der Waals surface area contributed by atoms with Crippen LogP contribution >= 0.6 is 22.9 Å². The van der Waals surface area contributed by atoms with Crippen LogP contribution in [0.4, 0.5) is 4.39 Å². The van der Waals surface area contributed by atoms with Gasteiger partial charge in [-0.05, 0) is 18.6 Å². The summed E-state index contributed by atoms with van der Waals surface area (Å²) in [6.07, 6.45) is 2.45. The molecule has 3 aliphatic heterocycles. The average Bonchev–Trinajstić information content (AvgIpc) is 3.59. The Morgan fingerprint density at radius 1 is 1.44 bits per heavy atom. The quantitative estimate of drug-likeness (QED) is 0.527. The van der Waals surface area contributed by atoms with Crippen molar-refractivity contribution in [2.75, 3.05) is 33.4 Å². The van der Waals surface area contributed by atoms with Gasteiger partial charge in [0.15, 0.2) is 10.8 Å². The van der Waals surface area contributed by atoms with E-state index < -0.39 is 23.4 Å². The van der Waals surface area contributed by atoms with E-state index in [1.54, 1.807) is 6.20 Å². The van der Waals surface area contributed by atoms with Crippen LogP contribution in [0.15, 0.2) is 46.0 Å². The molecule has 9 nitrogen and oxygen atoms in total. The molecule has 3 aliphatic rings. The van der Waals surface area contributed by atoms with E-state index in [0.717, 1.165) is 6.42 Å². The number of carbonyl (C=O) groups is 2. The van der Waals surface area contributed by atoms with Crippen molar-refractivity contribution >= 4 is 40.6 Å². The van der Waals surface area contributed by atoms with Crippen LogP contribution in [-0.2, 0) is 19.1 Å². The summed E-state index contributed by atoms with van der Waals surface area (Å²) in [7, 11) is 1.31. The van der Waals surface area contributed by atoms with Crippen LogP contribution in [0.2, 0.25) is 5.02 Å². The number of aromatic nitrogens is 1. The number of nitrogens with zero attached hydrogens (tertiary/aromatic N) is 3. The smallest absolute Gasteiger partial charge is 0.338 e. The van der Waals surface area contributed by atoms with E-state index >= 15 is 0 Å².